The smallest absolute Gasteiger partial charge is 0.224 e. The SMILES string of the molecule is Cc1cc(C)c(CN)c(Oc2ccc(F)c(F)c2)n1. The van der Waals surface area contributed by atoms with E-state index in [1.54, 1.807) is 0 Å². The summed E-state index contributed by atoms with van der Waals surface area (Å²) in [5, 5.41) is 0. The van der Waals surface area contributed by atoms with Gasteiger partial charge in [-0.25, -0.2) is 13.8 Å². The van der Waals surface area contributed by atoms with Gasteiger partial charge in [-0.05, 0) is 37.6 Å². The van der Waals surface area contributed by atoms with Crippen molar-refractivity contribution in [1.29, 1.82) is 0 Å². The van der Waals surface area contributed by atoms with Gasteiger partial charge >= 0.3 is 0 Å². The molecule has 0 bridgehead atoms. The summed E-state index contributed by atoms with van der Waals surface area (Å²) in [5.41, 5.74) is 8.12. The first kappa shape index (κ1) is 13.4. The number of hydrogen-bond donors (Lipinski definition) is 1. The number of pyridine rings is 1. The minimum atomic E-state index is -0.962. The molecule has 0 amide bonds. The standard InChI is InChI=1S/C14H14F2N2O/c1-8-5-9(2)18-14(11(8)7-17)19-10-3-4-12(15)13(16)6-10/h3-6H,7,17H2,1-2H3. The van der Waals surface area contributed by atoms with Crippen LogP contribution in [0.4, 0.5) is 8.78 Å². The summed E-state index contributed by atoms with van der Waals surface area (Å²) < 4.78 is 31.5. The molecule has 2 rings (SSSR count). The molecule has 2 aromatic rings. The van der Waals surface area contributed by atoms with E-state index in [9.17, 15) is 8.78 Å². The van der Waals surface area contributed by atoms with Crippen molar-refractivity contribution >= 4 is 0 Å². The number of nitrogens with two attached hydrogens (primary N) is 1. The molecule has 0 saturated carbocycles. The van der Waals surface area contributed by atoms with Crippen LogP contribution >= 0.6 is 0 Å². The molecule has 3 nitrogen and oxygen atoms in total. The molecule has 100 valence electrons. The second-order valence-electron chi connectivity index (χ2n) is 4.25. The molecule has 1 aromatic carbocycles. The first-order valence-corrected chi connectivity index (χ1v) is 5.81. The zero-order valence-corrected chi connectivity index (χ0v) is 10.7. The molecule has 1 heterocycles. The highest BCUT2D eigenvalue weighted by Gasteiger charge is 2.11. The normalized spacial score (nSPS) is 10.6. The first-order valence-electron chi connectivity index (χ1n) is 5.81. The van der Waals surface area contributed by atoms with Gasteiger partial charge in [0.2, 0.25) is 5.88 Å². The Morgan fingerprint density at radius 3 is 2.53 bits per heavy atom. The zero-order valence-electron chi connectivity index (χ0n) is 10.7. The summed E-state index contributed by atoms with van der Waals surface area (Å²) in [6.07, 6.45) is 0. The van der Waals surface area contributed by atoms with E-state index in [1.807, 2.05) is 19.9 Å². The molecule has 0 aliphatic heterocycles. The minimum absolute atomic E-state index is 0.186. The highest BCUT2D eigenvalue weighted by molar-refractivity contribution is 5.38. The van der Waals surface area contributed by atoms with Gasteiger partial charge in [0, 0.05) is 23.9 Å². The van der Waals surface area contributed by atoms with Crippen LogP contribution in [0.2, 0.25) is 0 Å². The van der Waals surface area contributed by atoms with Gasteiger partial charge in [0.15, 0.2) is 11.6 Å². The van der Waals surface area contributed by atoms with Crippen LogP contribution in [0.5, 0.6) is 11.6 Å². The Morgan fingerprint density at radius 1 is 1.16 bits per heavy atom. The Kier molecular flexibility index (Phi) is 3.76. The maximum absolute atomic E-state index is 13.1. The lowest BCUT2D eigenvalue weighted by atomic mass is 10.1. The molecule has 1 aromatic heterocycles. The topological polar surface area (TPSA) is 48.1 Å². The van der Waals surface area contributed by atoms with E-state index >= 15 is 0 Å². The van der Waals surface area contributed by atoms with Crippen LogP contribution < -0.4 is 10.5 Å². The van der Waals surface area contributed by atoms with Crippen molar-refractivity contribution in [3.8, 4) is 11.6 Å². The van der Waals surface area contributed by atoms with Crippen LogP contribution in [-0.4, -0.2) is 4.98 Å². The number of nitrogens with zero attached hydrogens (tertiary/aromatic N) is 1. The van der Waals surface area contributed by atoms with Gasteiger partial charge in [0.1, 0.15) is 5.75 Å². The number of hydrogen-bond acceptors (Lipinski definition) is 3. The maximum atomic E-state index is 13.1. The van der Waals surface area contributed by atoms with Crippen molar-refractivity contribution < 1.29 is 13.5 Å². The molecule has 0 unspecified atom stereocenters. The number of halogens is 2. The molecule has 0 aliphatic rings. The van der Waals surface area contributed by atoms with E-state index in [4.69, 9.17) is 10.5 Å². The van der Waals surface area contributed by atoms with E-state index in [2.05, 4.69) is 4.98 Å². The quantitative estimate of drug-likeness (QED) is 0.925. The summed E-state index contributed by atoms with van der Waals surface area (Å²) in [7, 11) is 0. The summed E-state index contributed by atoms with van der Waals surface area (Å²) in [6, 6.07) is 5.22. The molecule has 0 aliphatic carbocycles. The van der Waals surface area contributed by atoms with Crippen LogP contribution in [-0.2, 0) is 6.54 Å². The molecule has 0 fully saturated rings. The maximum Gasteiger partial charge on any atom is 0.224 e. The van der Waals surface area contributed by atoms with Gasteiger partial charge in [-0.15, -0.1) is 0 Å². The number of benzene rings is 1. The molecule has 5 heteroatoms. The monoisotopic (exact) mass is 264 g/mol. The van der Waals surface area contributed by atoms with Crippen molar-refractivity contribution in [2.24, 2.45) is 5.73 Å². The Labute approximate surface area is 110 Å². The third-order valence-electron chi connectivity index (χ3n) is 2.75. The van der Waals surface area contributed by atoms with Crippen LogP contribution in [0.25, 0.3) is 0 Å². The fraction of sp³-hybridized carbons (Fsp3) is 0.214. The highest BCUT2D eigenvalue weighted by atomic mass is 19.2. The van der Waals surface area contributed by atoms with Gasteiger partial charge < -0.3 is 10.5 Å². The van der Waals surface area contributed by atoms with E-state index in [-0.39, 0.29) is 12.3 Å². The predicted octanol–water partition coefficient (Wildman–Crippen LogP) is 3.23. The van der Waals surface area contributed by atoms with E-state index in [0.29, 0.717) is 5.88 Å². The van der Waals surface area contributed by atoms with Gasteiger partial charge in [0.25, 0.3) is 0 Å². The number of aromatic nitrogens is 1. The van der Waals surface area contributed by atoms with Gasteiger partial charge in [0.05, 0.1) is 0 Å². The van der Waals surface area contributed by atoms with Crippen molar-refractivity contribution in [2.45, 2.75) is 20.4 Å². The fourth-order valence-electron chi connectivity index (χ4n) is 1.81. The van der Waals surface area contributed by atoms with E-state index in [0.717, 1.165) is 29.0 Å². The average molecular weight is 264 g/mol. The largest absolute Gasteiger partial charge is 0.439 e. The number of aryl methyl sites for hydroxylation is 2. The first-order chi connectivity index (χ1) is 9.01. The third kappa shape index (κ3) is 2.88. The van der Waals surface area contributed by atoms with E-state index < -0.39 is 11.6 Å². The minimum Gasteiger partial charge on any atom is -0.439 e. The average Bonchev–Trinajstić information content (AvgIpc) is 2.33. The molecule has 0 saturated heterocycles. The lowest BCUT2D eigenvalue weighted by molar-refractivity contribution is 0.441. The van der Waals surface area contributed by atoms with Gasteiger partial charge in [-0.3, -0.25) is 0 Å². The molecule has 2 N–H and O–H groups in total. The lowest BCUT2D eigenvalue weighted by Crippen LogP contribution is -2.05. The van der Waals surface area contributed by atoms with Gasteiger partial charge in [-0.1, -0.05) is 0 Å². The third-order valence-corrected chi connectivity index (χ3v) is 2.75. The van der Waals surface area contributed by atoms with Crippen molar-refractivity contribution in [1.82, 2.24) is 4.98 Å². The zero-order chi connectivity index (χ0) is 14.0. The fourth-order valence-corrected chi connectivity index (χ4v) is 1.81. The number of rotatable bonds is 3. The highest BCUT2D eigenvalue weighted by Crippen LogP contribution is 2.27. The molecule has 0 radical (unpaired) electrons. The summed E-state index contributed by atoms with van der Waals surface area (Å²) in [5.74, 6) is -1.37. The summed E-state index contributed by atoms with van der Waals surface area (Å²) in [6.45, 7) is 3.98. The molecule has 19 heavy (non-hydrogen) atoms. The summed E-state index contributed by atoms with van der Waals surface area (Å²) >= 11 is 0. The Hall–Kier alpha value is -2.01. The van der Waals surface area contributed by atoms with Gasteiger partial charge in [-0.2, -0.15) is 0 Å². The lowest BCUT2D eigenvalue weighted by Gasteiger charge is -2.12. The second kappa shape index (κ2) is 5.32. The Morgan fingerprint density at radius 2 is 1.89 bits per heavy atom. The molecular weight excluding hydrogens is 250 g/mol. The van der Waals surface area contributed by atoms with Crippen LogP contribution in [0.15, 0.2) is 24.3 Å². The molecule has 0 atom stereocenters. The van der Waals surface area contributed by atoms with Crippen LogP contribution in [0.1, 0.15) is 16.8 Å². The van der Waals surface area contributed by atoms with E-state index in [1.165, 1.54) is 6.07 Å². The Balaban J connectivity index is 2.39. The number of ether oxygens (including phenoxy) is 1. The van der Waals surface area contributed by atoms with Crippen molar-refractivity contribution in [3.05, 3.63) is 52.7 Å². The predicted molar refractivity (Wildman–Crippen MR) is 68.0 cm³/mol. The van der Waals surface area contributed by atoms with Crippen molar-refractivity contribution in [3.63, 3.8) is 0 Å². The second-order valence-corrected chi connectivity index (χ2v) is 4.25. The summed E-state index contributed by atoms with van der Waals surface area (Å²) in [4.78, 5) is 4.23. The Bertz CT molecular complexity index is 615. The van der Waals surface area contributed by atoms with Crippen molar-refractivity contribution in [2.75, 3.05) is 0 Å². The molecular formula is C14H14F2N2O. The molecule has 0 spiro atoms. The van der Waals surface area contributed by atoms with Crippen LogP contribution in [0.3, 0.4) is 0 Å². The van der Waals surface area contributed by atoms with Crippen LogP contribution in [0, 0.1) is 25.5 Å².